The SMILES string of the molecule is CC(C)[C@H](N)c1nnc(CO)o1. The molecular weight excluding hydrogens is 158 g/mol. The summed E-state index contributed by atoms with van der Waals surface area (Å²) in [6.45, 7) is 3.69. The molecule has 0 aromatic carbocycles. The maximum absolute atomic E-state index is 8.63. The van der Waals surface area contributed by atoms with E-state index in [0.717, 1.165) is 0 Å². The molecular formula is C7H13N3O2. The third-order valence-electron chi connectivity index (χ3n) is 1.62. The molecule has 0 radical (unpaired) electrons. The van der Waals surface area contributed by atoms with Gasteiger partial charge in [-0.2, -0.15) is 0 Å². The molecule has 0 bridgehead atoms. The van der Waals surface area contributed by atoms with E-state index in [1.165, 1.54) is 0 Å². The van der Waals surface area contributed by atoms with Gasteiger partial charge < -0.3 is 15.3 Å². The van der Waals surface area contributed by atoms with Gasteiger partial charge in [0.05, 0.1) is 6.04 Å². The normalized spacial score (nSPS) is 13.8. The molecule has 1 rings (SSSR count). The monoisotopic (exact) mass is 171 g/mol. The fraction of sp³-hybridized carbons (Fsp3) is 0.714. The van der Waals surface area contributed by atoms with Crippen molar-refractivity contribution in [3.63, 3.8) is 0 Å². The highest BCUT2D eigenvalue weighted by atomic mass is 16.4. The first-order valence-electron chi connectivity index (χ1n) is 3.84. The van der Waals surface area contributed by atoms with Crippen molar-refractivity contribution in [2.24, 2.45) is 11.7 Å². The van der Waals surface area contributed by atoms with E-state index in [-0.39, 0.29) is 24.5 Å². The Labute approximate surface area is 70.6 Å². The third-order valence-corrected chi connectivity index (χ3v) is 1.62. The number of rotatable bonds is 3. The topological polar surface area (TPSA) is 85.2 Å². The van der Waals surface area contributed by atoms with Gasteiger partial charge in [0.15, 0.2) is 0 Å². The minimum Gasteiger partial charge on any atom is -0.421 e. The van der Waals surface area contributed by atoms with E-state index >= 15 is 0 Å². The van der Waals surface area contributed by atoms with E-state index < -0.39 is 0 Å². The minimum atomic E-state index is -0.252. The summed E-state index contributed by atoms with van der Waals surface area (Å²) < 4.78 is 5.06. The molecule has 1 aromatic rings. The molecule has 0 fully saturated rings. The summed E-state index contributed by atoms with van der Waals surface area (Å²) in [4.78, 5) is 0. The summed E-state index contributed by atoms with van der Waals surface area (Å²) in [6.07, 6.45) is 0. The van der Waals surface area contributed by atoms with Crippen LogP contribution in [-0.4, -0.2) is 15.3 Å². The molecule has 5 nitrogen and oxygen atoms in total. The lowest BCUT2D eigenvalue weighted by molar-refractivity contribution is 0.232. The molecule has 0 saturated carbocycles. The molecule has 0 saturated heterocycles. The zero-order valence-corrected chi connectivity index (χ0v) is 7.19. The van der Waals surface area contributed by atoms with E-state index in [0.29, 0.717) is 5.89 Å². The molecule has 0 aliphatic heterocycles. The number of aliphatic hydroxyl groups excluding tert-OH is 1. The predicted molar refractivity (Wildman–Crippen MR) is 42.0 cm³/mol. The smallest absolute Gasteiger partial charge is 0.241 e. The van der Waals surface area contributed by atoms with Crippen molar-refractivity contribution in [3.05, 3.63) is 11.8 Å². The number of aromatic nitrogens is 2. The van der Waals surface area contributed by atoms with Crippen molar-refractivity contribution in [1.29, 1.82) is 0 Å². The molecule has 12 heavy (non-hydrogen) atoms. The summed E-state index contributed by atoms with van der Waals surface area (Å²) in [5.41, 5.74) is 5.73. The highest BCUT2D eigenvalue weighted by Gasteiger charge is 2.16. The maximum atomic E-state index is 8.63. The van der Waals surface area contributed by atoms with Gasteiger partial charge in [0.1, 0.15) is 6.61 Å². The number of nitrogens with zero attached hydrogens (tertiary/aromatic N) is 2. The Hall–Kier alpha value is -0.940. The van der Waals surface area contributed by atoms with Gasteiger partial charge in [0.2, 0.25) is 11.8 Å². The van der Waals surface area contributed by atoms with Crippen LogP contribution in [0.3, 0.4) is 0 Å². The molecule has 1 heterocycles. The van der Waals surface area contributed by atoms with E-state index in [1.807, 2.05) is 13.8 Å². The maximum Gasteiger partial charge on any atom is 0.241 e. The molecule has 0 spiro atoms. The Kier molecular flexibility index (Phi) is 2.78. The fourth-order valence-electron chi connectivity index (χ4n) is 0.750. The molecule has 1 aromatic heterocycles. The van der Waals surface area contributed by atoms with Crippen LogP contribution in [0, 0.1) is 5.92 Å². The second-order valence-corrected chi connectivity index (χ2v) is 2.96. The second-order valence-electron chi connectivity index (χ2n) is 2.96. The van der Waals surface area contributed by atoms with E-state index in [1.54, 1.807) is 0 Å². The van der Waals surface area contributed by atoms with Gasteiger partial charge in [0.25, 0.3) is 0 Å². The van der Waals surface area contributed by atoms with Gasteiger partial charge in [-0.1, -0.05) is 13.8 Å². The number of hydrogen-bond donors (Lipinski definition) is 2. The highest BCUT2D eigenvalue weighted by molar-refractivity contribution is 4.89. The van der Waals surface area contributed by atoms with Crippen molar-refractivity contribution in [1.82, 2.24) is 10.2 Å². The zero-order valence-electron chi connectivity index (χ0n) is 7.19. The lowest BCUT2D eigenvalue weighted by Crippen LogP contribution is -2.16. The highest BCUT2D eigenvalue weighted by Crippen LogP contribution is 2.16. The van der Waals surface area contributed by atoms with Gasteiger partial charge in [-0.25, -0.2) is 0 Å². The third kappa shape index (κ3) is 1.80. The lowest BCUT2D eigenvalue weighted by atomic mass is 10.1. The Morgan fingerprint density at radius 3 is 2.58 bits per heavy atom. The van der Waals surface area contributed by atoms with Crippen LogP contribution < -0.4 is 5.73 Å². The minimum absolute atomic E-state index is 0.209. The molecule has 1 atom stereocenters. The summed E-state index contributed by atoms with van der Waals surface area (Å²) in [7, 11) is 0. The molecule has 5 heteroatoms. The molecule has 0 aliphatic carbocycles. The van der Waals surface area contributed by atoms with Crippen LogP contribution in [0.5, 0.6) is 0 Å². The average molecular weight is 171 g/mol. The van der Waals surface area contributed by atoms with Crippen LogP contribution in [0.15, 0.2) is 4.42 Å². The van der Waals surface area contributed by atoms with Crippen molar-refractivity contribution < 1.29 is 9.52 Å². The van der Waals surface area contributed by atoms with Crippen molar-refractivity contribution >= 4 is 0 Å². The van der Waals surface area contributed by atoms with E-state index in [9.17, 15) is 0 Å². The Morgan fingerprint density at radius 1 is 1.50 bits per heavy atom. The van der Waals surface area contributed by atoms with E-state index in [4.69, 9.17) is 15.3 Å². The van der Waals surface area contributed by atoms with Gasteiger partial charge in [0, 0.05) is 0 Å². The van der Waals surface area contributed by atoms with Crippen molar-refractivity contribution in [3.8, 4) is 0 Å². The standard InChI is InChI=1S/C7H13N3O2/c1-4(2)6(8)7-10-9-5(3-11)12-7/h4,6,11H,3,8H2,1-2H3/t6-/m0/s1. The average Bonchev–Trinajstić information content (AvgIpc) is 2.50. The van der Waals surface area contributed by atoms with Crippen LogP contribution >= 0.6 is 0 Å². The summed E-state index contributed by atoms with van der Waals surface area (Å²) in [5, 5.41) is 15.9. The number of hydrogen-bond acceptors (Lipinski definition) is 5. The van der Waals surface area contributed by atoms with Crippen molar-refractivity contribution in [2.75, 3.05) is 0 Å². The number of aliphatic hydroxyl groups is 1. The molecule has 0 aliphatic rings. The van der Waals surface area contributed by atoms with Crippen LogP contribution in [0.2, 0.25) is 0 Å². The lowest BCUT2D eigenvalue weighted by Gasteiger charge is -2.09. The summed E-state index contributed by atoms with van der Waals surface area (Å²) >= 11 is 0. The first-order chi connectivity index (χ1) is 5.65. The number of nitrogens with two attached hydrogens (primary N) is 1. The second kappa shape index (κ2) is 3.64. The van der Waals surface area contributed by atoms with Crippen LogP contribution in [-0.2, 0) is 6.61 Å². The van der Waals surface area contributed by atoms with Gasteiger partial charge in [-0.05, 0) is 5.92 Å². The largest absolute Gasteiger partial charge is 0.421 e. The molecule has 3 N–H and O–H groups in total. The molecule has 0 amide bonds. The van der Waals surface area contributed by atoms with E-state index in [2.05, 4.69) is 10.2 Å². The van der Waals surface area contributed by atoms with Crippen LogP contribution in [0.25, 0.3) is 0 Å². The van der Waals surface area contributed by atoms with Gasteiger partial charge >= 0.3 is 0 Å². The van der Waals surface area contributed by atoms with Crippen LogP contribution in [0.1, 0.15) is 31.7 Å². The van der Waals surface area contributed by atoms with Crippen LogP contribution in [0.4, 0.5) is 0 Å². The quantitative estimate of drug-likeness (QED) is 0.679. The Bertz CT molecular complexity index is 247. The molecule has 0 unspecified atom stereocenters. The summed E-state index contributed by atoms with van der Waals surface area (Å²) in [6, 6.07) is -0.252. The van der Waals surface area contributed by atoms with Gasteiger partial charge in [-0.3, -0.25) is 0 Å². The molecule has 68 valence electrons. The Balaban J connectivity index is 2.74. The predicted octanol–water partition coefficient (Wildman–Crippen LogP) is 0.218. The van der Waals surface area contributed by atoms with Crippen molar-refractivity contribution in [2.45, 2.75) is 26.5 Å². The Morgan fingerprint density at radius 2 is 2.17 bits per heavy atom. The zero-order chi connectivity index (χ0) is 9.14. The summed E-state index contributed by atoms with van der Waals surface area (Å²) in [5.74, 6) is 0.840. The van der Waals surface area contributed by atoms with Gasteiger partial charge in [-0.15, -0.1) is 10.2 Å². The fourth-order valence-corrected chi connectivity index (χ4v) is 0.750. The first kappa shape index (κ1) is 9.15. The first-order valence-corrected chi connectivity index (χ1v) is 3.84.